The Labute approximate surface area is 172 Å². The third-order valence-electron chi connectivity index (χ3n) is 6.94. The predicted octanol–water partition coefficient (Wildman–Crippen LogP) is 2.51. The van der Waals surface area contributed by atoms with Gasteiger partial charge in [-0.05, 0) is 61.3 Å². The molecule has 7 atom stereocenters. The molecule has 29 heavy (non-hydrogen) atoms. The molecular weight excluding hydrogens is 394 g/mol. The van der Waals surface area contributed by atoms with Crippen LogP contribution >= 0.6 is 11.6 Å². The number of ether oxygens (including phenoxy) is 1. The molecule has 5 aliphatic rings. The van der Waals surface area contributed by atoms with Gasteiger partial charge in [-0.3, -0.25) is 19.3 Å². The maximum Gasteiger partial charge on any atom is 0.329 e. The van der Waals surface area contributed by atoms with Gasteiger partial charge in [-0.2, -0.15) is 0 Å². The molecular formula is C22H20ClNO5. The second kappa shape index (κ2) is 6.52. The van der Waals surface area contributed by atoms with E-state index in [2.05, 4.69) is 12.2 Å². The van der Waals surface area contributed by atoms with Crippen molar-refractivity contribution < 1.29 is 23.9 Å². The van der Waals surface area contributed by atoms with Crippen LogP contribution in [0.5, 0.6) is 0 Å². The number of allylic oxidation sites excluding steroid dienone is 2. The molecule has 0 spiro atoms. The van der Waals surface area contributed by atoms with Gasteiger partial charge in [0, 0.05) is 10.6 Å². The first-order valence-corrected chi connectivity index (χ1v) is 10.3. The van der Waals surface area contributed by atoms with E-state index in [1.165, 1.54) is 6.92 Å². The van der Waals surface area contributed by atoms with E-state index in [4.69, 9.17) is 16.3 Å². The fraction of sp³-hybridized carbons (Fsp3) is 0.455. The molecule has 1 aromatic rings. The number of likely N-dealkylation sites (tertiary alicyclic amines) is 1. The fourth-order valence-electron chi connectivity index (χ4n) is 5.44. The lowest BCUT2D eigenvalue weighted by molar-refractivity contribution is -0.157. The predicted molar refractivity (Wildman–Crippen MR) is 103 cm³/mol. The number of nitrogens with zero attached hydrogens (tertiary/aromatic N) is 1. The van der Waals surface area contributed by atoms with E-state index in [0.29, 0.717) is 22.4 Å². The van der Waals surface area contributed by atoms with Crippen molar-refractivity contribution in [3.05, 3.63) is 47.0 Å². The Morgan fingerprint density at radius 3 is 2.17 bits per heavy atom. The molecule has 1 heterocycles. The molecule has 1 aromatic carbocycles. The van der Waals surface area contributed by atoms with Crippen molar-refractivity contribution in [1.82, 2.24) is 4.90 Å². The number of carbonyl (C=O) groups excluding carboxylic acids is 4. The Hall–Kier alpha value is -2.47. The summed E-state index contributed by atoms with van der Waals surface area (Å²) in [5.41, 5.74) is 0.371. The van der Waals surface area contributed by atoms with Gasteiger partial charge >= 0.3 is 5.97 Å². The highest BCUT2D eigenvalue weighted by Gasteiger charge is 2.67. The second-order valence-corrected chi connectivity index (χ2v) is 8.85. The van der Waals surface area contributed by atoms with Crippen LogP contribution in [-0.2, 0) is 19.1 Å². The number of hydrogen-bond donors (Lipinski definition) is 0. The summed E-state index contributed by atoms with van der Waals surface area (Å²) < 4.78 is 5.13. The Kier molecular flexibility index (Phi) is 4.17. The first-order valence-electron chi connectivity index (χ1n) is 9.89. The van der Waals surface area contributed by atoms with Crippen LogP contribution in [-0.4, -0.2) is 41.1 Å². The fourth-order valence-corrected chi connectivity index (χ4v) is 5.57. The van der Waals surface area contributed by atoms with Crippen molar-refractivity contribution in [3.8, 4) is 0 Å². The summed E-state index contributed by atoms with van der Waals surface area (Å²) >= 11 is 5.80. The maximum atomic E-state index is 13.0. The minimum Gasteiger partial charge on any atom is -0.456 e. The van der Waals surface area contributed by atoms with E-state index in [-0.39, 0.29) is 41.3 Å². The highest BCUT2D eigenvalue weighted by Crippen LogP contribution is 2.65. The van der Waals surface area contributed by atoms with Crippen LogP contribution in [0.4, 0.5) is 0 Å². The molecule has 150 valence electrons. The van der Waals surface area contributed by atoms with Crippen molar-refractivity contribution in [2.45, 2.75) is 19.4 Å². The third kappa shape index (κ3) is 2.76. The molecule has 0 aromatic heterocycles. The number of imide groups is 1. The van der Waals surface area contributed by atoms with E-state index in [1.807, 2.05) is 0 Å². The molecule has 7 unspecified atom stereocenters. The van der Waals surface area contributed by atoms with Crippen molar-refractivity contribution in [1.29, 1.82) is 0 Å². The zero-order valence-electron chi connectivity index (χ0n) is 15.8. The minimum atomic E-state index is -1.05. The molecule has 2 saturated carbocycles. The zero-order chi connectivity index (χ0) is 20.4. The topological polar surface area (TPSA) is 80.8 Å². The van der Waals surface area contributed by atoms with Gasteiger partial charge in [0.05, 0.1) is 11.8 Å². The summed E-state index contributed by atoms with van der Waals surface area (Å²) in [6.45, 7) is 1.03. The van der Waals surface area contributed by atoms with E-state index >= 15 is 0 Å². The van der Waals surface area contributed by atoms with E-state index in [0.717, 1.165) is 11.3 Å². The number of halogens is 1. The van der Waals surface area contributed by atoms with Gasteiger partial charge in [-0.1, -0.05) is 23.8 Å². The molecule has 7 heteroatoms. The van der Waals surface area contributed by atoms with Gasteiger partial charge < -0.3 is 4.74 Å². The lowest BCUT2D eigenvalue weighted by atomic mass is 9.63. The van der Waals surface area contributed by atoms with Gasteiger partial charge in [0.2, 0.25) is 11.8 Å². The molecule has 3 fully saturated rings. The maximum absolute atomic E-state index is 13.0. The summed E-state index contributed by atoms with van der Waals surface area (Å²) in [5, 5.41) is 0.501. The number of esters is 1. The third-order valence-corrected chi connectivity index (χ3v) is 7.19. The summed E-state index contributed by atoms with van der Waals surface area (Å²) in [6.07, 6.45) is 5.26. The molecule has 1 saturated heterocycles. The number of Topliss-reactive ketones (excluding diaryl/α,β-unsaturated/α-hetero) is 1. The van der Waals surface area contributed by atoms with Crippen molar-refractivity contribution in [2.24, 2.45) is 35.5 Å². The van der Waals surface area contributed by atoms with Crippen molar-refractivity contribution in [2.75, 3.05) is 6.61 Å². The quantitative estimate of drug-likeness (QED) is 0.320. The smallest absolute Gasteiger partial charge is 0.329 e. The average molecular weight is 414 g/mol. The summed E-state index contributed by atoms with van der Waals surface area (Å²) in [6, 6.07) is 5.21. The van der Waals surface area contributed by atoms with Crippen LogP contribution in [0.25, 0.3) is 0 Å². The SMILES string of the molecule is CC(C(=O)OCC(=O)c1ccc(Cl)cc1)N1C(=O)C2C3C=CC(C4CC34)C2C1=O. The van der Waals surface area contributed by atoms with Crippen LogP contribution in [0.1, 0.15) is 23.7 Å². The van der Waals surface area contributed by atoms with Gasteiger partial charge in [-0.15, -0.1) is 0 Å². The summed E-state index contributed by atoms with van der Waals surface area (Å²) in [7, 11) is 0. The lowest BCUT2D eigenvalue weighted by Crippen LogP contribution is -2.45. The molecule has 2 bridgehead atoms. The van der Waals surface area contributed by atoms with Gasteiger partial charge in [-0.25, -0.2) is 4.79 Å². The normalized spacial score (nSPS) is 34.6. The van der Waals surface area contributed by atoms with Crippen molar-refractivity contribution >= 4 is 35.2 Å². The first kappa shape index (κ1) is 18.6. The van der Waals surface area contributed by atoms with Crippen LogP contribution in [0.2, 0.25) is 5.02 Å². The molecule has 6 nitrogen and oxygen atoms in total. The molecule has 4 aliphatic carbocycles. The number of carbonyl (C=O) groups is 4. The minimum absolute atomic E-state index is 0.103. The van der Waals surface area contributed by atoms with Crippen LogP contribution in [0.3, 0.4) is 0 Å². The lowest BCUT2D eigenvalue weighted by Gasteiger charge is -2.37. The Morgan fingerprint density at radius 1 is 1.07 bits per heavy atom. The molecule has 1 aliphatic heterocycles. The van der Waals surface area contributed by atoms with E-state index < -0.39 is 18.6 Å². The number of ketones is 1. The second-order valence-electron chi connectivity index (χ2n) is 8.41. The molecule has 2 amide bonds. The number of rotatable bonds is 5. The van der Waals surface area contributed by atoms with Crippen LogP contribution < -0.4 is 0 Å². The number of benzene rings is 1. The van der Waals surface area contributed by atoms with Crippen LogP contribution in [0.15, 0.2) is 36.4 Å². The monoisotopic (exact) mass is 413 g/mol. The zero-order valence-corrected chi connectivity index (χ0v) is 16.5. The Bertz CT molecular complexity index is 918. The Balaban J connectivity index is 1.26. The van der Waals surface area contributed by atoms with Gasteiger partial charge in [0.1, 0.15) is 6.04 Å². The molecule has 0 radical (unpaired) electrons. The summed E-state index contributed by atoms with van der Waals surface area (Å²) in [4.78, 5) is 51.8. The highest BCUT2D eigenvalue weighted by molar-refractivity contribution is 6.30. The number of hydrogen-bond acceptors (Lipinski definition) is 5. The highest BCUT2D eigenvalue weighted by atomic mass is 35.5. The summed E-state index contributed by atoms with van der Waals surface area (Å²) in [5.74, 6) is -1.19. The Morgan fingerprint density at radius 2 is 1.62 bits per heavy atom. The van der Waals surface area contributed by atoms with Gasteiger partial charge in [0.15, 0.2) is 12.4 Å². The largest absolute Gasteiger partial charge is 0.456 e. The van der Waals surface area contributed by atoms with Crippen LogP contribution in [0, 0.1) is 35.5 Å². The van der Waals surface area contributed by atoms with Gasteiger partial charge in [0.25, 0.3) is 0 Å². The van der Waals surface area contributed by atoms with Crippen molar-refractivity contribution in [3.63, 3.8) is 0 Å². The van der Waals surface area contributed by atoms with E-state index in [1.54, 1.807) is 24.3 Å². The standard InChI is InChI=1S/C22H20ClNO5/c1-10(22(28)29-9-17(25)11-2-4-12(23)5-3-11)24-20(26)18-13-6-7-14(16-8-15(13)16)19(18)21(24)27/h2-7,10,13-16,18-19H,8-9H2,1H3. The van der Waals surface area contributed by atoms with E-state index in [9.17, 15) is 19.2 Å². The number of amides is 2. The average Bonchev–Trinajstić information content (AvgIpc) is 3.49. The molecule has 6 rings (SSSR count). The first-order chi connectivity index (χ1) is 13.9. The molecule has 0 N–H and O–H groups in total.